The summed E-state index contributed by atoms with van der Waals surface area (Å²) >= 11 is 0. The van der Waals surface area contributed by atoms with Gasteiger partial charge in [-0.05, 0) is 12.5 Å². The molecule has 1 saturated heterocycles. The third kappa shape index (κ3) is 4.89. The summed E-state index contributed by atoms with van der Waals surface area (Å²) < 4.78 is 6.95. The molecular weight excluding hydrogens is 298 g/mol. The van der Waals surface area contributed by atoms with Crippen LogP contribution in [0.3, 0.4) is 0 Å². The Morgan fingerprint density at radius 1 is 1.52 bits per heavy atom. The Hall–Kier alpha value is -1.70. The molecule has 3 atom stereocenters. The number of aliphatic hydroxyl groups excluding tert-OH is 2. The number of nitrogens with zero attached hydrogens (tertiary/aromatic N) is 3. The number of amides is 1. The molecule has 128 valence electrons. The first-order chi connectivity index (χ1) is 11.0. The van der Waals surface area contributed by atoms with E-state index in [-0.39, 0.29) is 18.4 Å². The molecule has 0 unspecified atom stereocenters. The van der Waals surface area contributed by atoms with Crippen molar-refractivity contribution >= 4 is 12.0 Å². The summed E-state index contributed by atoms with van der Waals surface area (Å²) in [6.07, 6.45) is 5.81. The molecule has 0 spiro atoms. The van der Waals surface area contributed by atoms with Crippen molar-refractivity contribution in [3.05, 3.63) is 24.0 Å². The molecule has 7 nitrogen and oxygen atoms in total. The Morgan fingerprint density at radius 2 is 2.30 bits per heavy atom. The molecule has 1 aromatic heterocycles. The summed E-state index contributed by atoms with van der Waals surface area (Å²) in [6, 6.07) is 0. The number of aryl methyl sites for hydroxylation is 1. The van der Waals surface area contributed by atoms with Gasteiger partial charge in [-0.3, -0.25) is 9.48 Å². The van der Waals surface area contributed by atoms with Gasteiger partial charge in [0.1, 0.15) is 6.10 Å². The lowest BCUT2D eigenvalue weighted by molar-refractivity contribution is -0.138. The van der Waals surface area contributed by atoms with Crippen molar-refractivity contribution in [2.45, 2.75) is 25.6 Å². The van der Waals surface area contributed by atoms with Gasteiger partial charge in [0, 0.05) is 43.9 Å². The van der Waals surface area contributed by atoms with Crippen molar-refractivity contribution in [3.8, 4) is 0 Å². The molecule has 1 aliphatic heterocycles. The van der Waals surface area contributed by atoms with Gasteiger partial charge in [0.05, 0.1) is 25.5 Å². The Balaban J connectivity index is 1.99. The average Bonchev–Trinajstić information content (AvgIpc) is 2.94. The largest absolute Gasteiger partial charge is 0.390 e. The first kappa shape index (κ1) is 17.7. The number of hydrogen-bond donors (Lipinski definition) is 2. The minimum Gasteiger partial charge on any atom is -0.390 e. The number of carbonyl (C=O) groups excluding carboxylic acids is 1. The van der Waals surface area contributed by atoms with Crippen LogP contribution in [0.5, 0.6) is 0 Å². The monoisotopic (exact) mass is 323 g/mol. The smallest absolute Gasteiger partial charge is 0.246 e. The lowest BCUT2D eigenvalue weighted by Crippen LogP contribution is -2.49. The van der Waals surface area contributed by atoms with E-state index in [1.54, 1.807) is 21.9 Å². The van der Waals surface area contributed by atoms with E-state index >= 15 is 0 Å². The lowest BCUT2D eigenvalue weighted by Gasteiger charge is -2.35. The molecule has 2 heterocycles. The van der Waals surface area contributed by atoms with Crippen LogP contribution in [0.1, 0.15) is 18.9 Å². The van der Waals surface area contributed by atoms with E-state index in [1.165, 1.54) is 6.08 Å². The van der Waals surface area contributed by atoms with Gasteiger partial charge in [-0.1, -0.05) is 6.92 Å². The Bertz CT molecular complexity index is 543. The van der Waals surface area contributed by atoms with Gasteiger partial charge in [-0.15, -0.1) is 0 Å². The SMILES string of the molecule is CCCN(C[C@@H]1COC[C@@H](O)[C@H]1O)C(=O)C=Cc1cnn(C)c1. The molecule has 1 amide bonds. The van der Waals surface area contributed by atoms with Crippen LogP contribution in [-0.4, -0.2) is 69.3 Å². The van der Waals surface area contributed by atoms with E-state index in [2.05, 4.69) is 5.10 Å². The summed E-state index contributed by atoms with van der Waals surface area (Å²) in [7, 11) is 1.82. The van der Waals surface area contributed by atoms with Crippen LogP contribution in [0.15, 0.2) is 18.5 Å². The molecule has 0 aromatic carbocycles. The molecule has 1 fully saturated rings. The number of aromatic nitrogens is 2. The number of rotatable bonds is 6. The van der Waals surface area contributed by atoms with Crippen LogP contribution >= 0.6 is 0 Å². The Morgan fingerprint density at radius 3 is 2.96 bits per heavy atom. The van der Waals surface area contributed by atoms with Gasteiger partial charge in [0.15, 0.2) is 0 Å². The maximum atomic E-state index is 12.4. The summed E-state index contributed by atoms with van der Waals surface area (Å²) in [5, 5.41) is 23.8. The molecule has 0 bridgehead atoms. The minimum atomic E-state index is -0.890. The zero-order valence-corrected chi connectivity index (χ0v) is 13.6. The Kier molecular flexibility index (Phi) is 6.32. The zero-order chi connectivity index (χ0) is 16.8. The van der Waals surface area contributed by atoms with E-state index in [0.29, 0.717) is 19.7 Å². The fourth-order valence-electron chi connectivity index (χ4n) is 2.66. The summed E-state index contributed by atoms with van der Waals surface area (Å²) in [4.78, 5) is 14.1. The van der Waals surface area contributed by atoms with Gasteiger partial charge in [0.25, 0.3) is 0 Å². The van der Waals surface area contributed by atoms with E-state index in [4.69, 9.17) is 4.74 Å². The number of aliphatic hydroxyl groups is 2. The molecule has 0 aliphatic carbocycles. The maximum absolute atomic E-state index is 12.4. The van der Waals surface area contributed by atoms with Crippen LogP contribution in [0.4, 0.5) is 0 Å². The van der Waals surface area contributed by atoms with Gasteiger partial charge < -0.3 is 19.8 Å². The van der Waals surface area contributed by atoms with Crippen LogP contribution in [0.2, 0.25) is 0 Å². The van der Waals surface area contributed by atoms with Crippen LogP contribution in [0, 0.1) is 5.92 Å². The fraction of sp³-hybridized carbons (Fsp3) is 0.625. The number of carbonyl (C=O) groups is 1. The molecule has 23 heavy (non-hydrogen) atoms. The number of hydrogen-bond acceptors (Lipinski definition) is 5. The normalized spacial score (nSPS) is 25.0. The zero-order valence-electron chi connectivity index (χ0n) is 13.6. The van der Waals surface area contributed by atoms with Crippen molar-refractivity contribution in [1.29, 1.82) is 0 Å². The minimum absolute atomic E-state index is 0.122. The van der Waals surface area contributed by atoms with Crippen LogP contribution in [0.25, 0.3) is 6.08 Å². The van der Waals surface area contributed by atoms with Crippen LogP contribution in [-0.2, 0) is 16.6 Å². The first-order valence-electron chi connectivity index (χ1n) is 7.90. The third-order valence-corrected chi connectivity index (χ3v) is 3.90. The second-order valence-corrected chi connectivity index (χ2v) is 5.92. The summed E-state index contributed by atoms with van der Waals surface area (Å²) in [5.74, 6) is -0.399. The van der Waals surface area contributed by atoms with Crippen LogP contribution < -0.4 is 0 Å². The predicted molar refractivity (Wildman–Crippen MR) is 85.4 cm³/mol. The molecule has 0 saturated carbocycles. The van der Waals surface area contributed by atoms with Crippen molar-refractivity contribution in [3.63, 3.8) is 0 Å². The highest BCUT2D eigenvalue weighted by atomic mass is 16.5. The summed E-state index contributed by atoms with van der Waals surface area (Å²) in [5.41, 5.74) is 0.855. The van der Waals surface area contributed by atoms with Gasteiger partial charge in [-0.2, -0.15) is 5.10 Å². The van der Waals surface area contributed by atoms with Gasteiger partial charge in [-0.25, -0.2) is 0 Å². The van der Waals surface area contributed by atoms with Crippen molar-refractivity contribution in [1.82, 2.24) is 14.7 Å². The lowest BCUT2D eigenvalue weighted by atomic mass is 9.96. The second kappa shape index (κ2) is 8.24. The number of ether oxygens (including phenoxy) is 1. The summed E-state index contributed by atoms with van der Waals surface area (Å²) in [6.45, 7) is 3.43. The predicted octanol–water partition coefficient (Wildman–Crippen LogP) is 0.0401. The highest BCUT2D eigenvalue weighted by molar-refractivity contribution is 5.91. The molecule has 7 heteroatoms. The van der Waals surface area contributed by atoms with Crippen molar-refractivity contribution in [2.75, 3.05) is 26.3 Å². The van der Waals surface area contributed by atoms with E-state index in [1.807, 2.05) is 20.2 Å². The van der Waals surface area contributed by atoms with E-state index in [9.17, 15) is 15.0 Å². The van der Waals surface area contributed by atoms with Crippen molar-refractivity contribution in [2.24, 2.45) is 13.0 Å². The molecule has 1 aliphatic rings. The highest BCUT2D eigenvalue weighted by Gasteiger charge is 2.33. The van der Waals surface area contributed by atoms with E-state index < -0.39 is 12.2 Å². The maximum Gasteiger partial charge on any atom is 0.246 e. The quantitative estimate of drug-likeness (QED) is 0.722. The average molecular weight is 323 g/mol. The molecule has 0 radical (unpaired) electrons. The van der Waals surface area contributed by atoms with Crippen molar-refractivity contribution < 1.29 is 19.7 Å². The molecule has 2 rings (SSSR count). The Labute approximate surface area is 136 Å². The third-order valence-electron chi connectivity index (χ3n) is 3.90. The van der Waals surface area contributed by atoms with Gasteiger partial charge in [0.2, 0.25) is 5.91 Å². The fourth-order valence-corrected chi connectivity index (χ4v) is 2.66. The first-order valence-corrected chi connectivity index (χ1v) is 7.90. The topological polar surface area (TPSA) is 87.8 Å². The second-order valence-electron chi connectivity index (χ2n) is 5.92. The standard InChI is InChI=1S/C16H25N3O4/c1-3-6-19(9-13-10-23-11-14(20)16(13)22)15(21)5-4-12-7-17-18(2)8-12/h4-5,7-8,13-14,16,20,22H,3,6,9-11H2,1-2H3/t13-,14-,16+/m1/s1. The van der Waals surface area contributed by atoms with Gasteiger partial charge >= 0.3 is 0 Å². The van der Waals surface area contributed by atoms with E-state index in [0.717, 1.165) is 12.0 Å². The highest BCUT2D eigenvalue weighted by Crippen LogP contribution is 2.17. The molecular formula is C16H25N3O4. The molecule has 2 N–H and O–H groups in total. The molecule has 1 aromatic rings.